The lowest BCUT2D eigenvalue weighted by molar-refractivity contribution is -0.136. The standard InChI is InChI=1S/C12H16N2O3/c15-11(16)6-7-13-12(17)10-5-2-8-14(10)9-3-1-4-9/h2,5,8-9H,1,3-4,6-7H2,(H,13,17)(H,15,16). The molecule has 1 amide bonds. The van der Waals surface area contributed by atoms with Crippen LogP contribution in [0.2, 0.25) is 0 Å². The van der Waals surface area contributed by atoms with Crippen molar-refractivity contribution in [1.82, 2.24) is 9.88 Å². The molecular weight excluding hydrogens is 220 g/mol. The Morgan fingerprint density at radius 2 is 2.24 bits per heavy atom. The lowest BCUT2D eigenvalue weighted by Crippen LogP contribution is -2.30. The summed E-state index contributed by atoms with van der Waals surface area (Å²) >= 11 is 0. The first-order chi connectivity index (χ1) is 8.18. The second-order valence-corrected chi connectivity index (χ2v) is 4.29. The van der Waals surface area contributed by atoms with Gasteiger partial charge in [-0.15, -0.1) is 0 Å². The molecule has 17 heavy (non-hydrogen) atoms. The number of carbonyl (C=O) groups is 2. The van der Waals surface area contributed by atoms with Gasteiger partial charge in [-0.05, 0) is 31.4 Å². The monoisotopic (exact) mass is 236 g/mol. The Bertz CT molecular complexity index is 421. The summed E-state index contributed by atoms with van der Waals surface area (Å²) in [5.41, 5.74) is 0.625. The number of rotatable bonds is 5. The molecule has 2 rings (SSSR count). The quantitative estimate of drug-likeness (QED) is 0.812. The Kier molecular flexibility index (Phi) is 3.46. The van der Waals surface area contributed by atoms with Gasteiger partial charge < -0.3 is 15.0 Å². The van der Waals surface area contributed by atoms with Crippen LogP contribution in [0, 0.1) is 0 Å². The molecule has 0 radical (unpaired) electrons. The van der Waals surface area contributed by atoms with E-state index in [9.17, 15) is 9.59 Å². The number of aliphatic carboxylic acids is 1. The molecule has 5 heteroatoms. The number of hydrogen-bond donors (Lipinski definition) is 2. The minimum Gasteiger partial charge on any atom is -0.481 e. The molecule has 0 atom stereocenters. The summed E-state index contributed by atoms with van der Waals surface area (Å²) in [6.07, 6.45) is 5.31. The van der Waals surface area contributed by atoms with Crippen molar-refractivity contribution in [1.29, 1.82) is 0 Å². The zero-order chi connectivity index (χ0) is 12.3. The Hall–Kier alpha value is -1.78. The molecule has 2 N–H and O–H groups in total. The Morgan fingerprint density at radius 3 is 2.82 bits per heavy atom. The second kappa shape index (κ2) is 5.03. The van der Waals surface area contributed by atoms with Gasteiger partial charge in [0.05, 0.1) is 6.42 Å². The number of nitrogens with zero attached hydrogens (tertiary/aromatic N) is 1. The van der Waals surface area contributed by atoms with E-state index in [1.54, 1.807) is 6.07 Å². The van der Waals surface area contributed by atoms with Crippen LogP contribution in [-0.2, 0) is 4.79 Å². The van der Waals surface area contributed by atoms with Crippen molar-refractivity contribution < 1.29 is 14.7 Å². The number of carboxylic acids is 1. The van der Waals surface area contributed by atoms with E-state index in [1.165, 1.54) is 6.42 Å². The normalized spacial score (nSPS) is 15.3. The van der Waals surface area contributed by atoms with E-state index < -0.39 is 5.97 Å². The van der Waals surface area contributed by atoms with Crippen molar-refractivity contribution in [2.24, 2.45) is 0 Å². The summed E-state index contributed by atoms with van der Waals surface area (Å²) in [5, 5.41) is 11.1. The van der Waals surface area contributed by atoms with Gasteiger partial charge in [-0.25, -0.2) is 0 Å². The summed E-state index contributed by atoms with van der Waals surface area (Å²) in [6, 6.07) is 4.06. The molecule has 0 aromatic carbocycles. The van der Waals surface area contributed by atoms with Gasteiger partial charge in [-0.2, -0.15) is 0 Å². The molecule has 0 spiro atoms. The fourth-order valence-corrected chi connectivity index (χ4v) is 1.94. The third kappa shape index (κ3) is 2.67. The zero-order valence-electron chi connectivity index (χ0n) is 9.56. The highest BCUT2D eigenvalue weighted by atomic mass is 16.4. The predicted molar refractivity (Wildman–Crippen MR) is 61.9 cm³/mol. The maximum absolute atomic E-state index is 11.8. The van der Waals surface area contributed by atoms with Crippen LogP contribution in [0.3, 0.4) is 0 Å². The van der Waals surface area contributed by atoms with Crippen molar-refractivity contribution in [3.63, 3.8) is 0 Å². The highest BCUT2D eigenvalue weighted by Crippen LogP contribution is 2.32. The zero-order valence-corrected chi connectivity index (χ0v) is 9.56. The van der Waals surface area contributed by atoms with E-state index in [2.05, 4.69) is 5.32 Å². The van der Waals surface area contributed by atoms with E-state index in [0.717, 1.165) is 12.8 Å². The molecule has 0 bridgehead atoms. The van der Waals surface area contributed by atoms with Crippen molar-refractivity contribution in [2.45, 2.75) is 31.7 Å². The number of hydrogen-bond acceptors (Lipinski definition) is 2. The molecule has 5 nitrogen and oxygen atoms in total. The van der Waals surface area contributed by atoms with Gasteiger partial charge in [0.2, 0.25) is 0 Å². The molecule has 0 unspecified atom stereocenters. The first-order valence-electron chi connectivity index (χ1n) is 5.85. The minimum atomic E-state index is -0.903. The fourth-order valence-electron chi connectivity index (χ4n) is 1.94. The molecule has 1 saturated carbocycles. The summed E-state index contributed by atoms with van der Waals surface area (Å²) in [7, 11) is 0. The van der Waals surface area contributed by atoms with Crippen molar-refractivity contribution >= 4 is 11.9 Å². The summed E-state index contributed by atoms with van der Waals surface area (Å²) in [4.78, 5) is 22.2. The molecule has 0 aliphatic heterocycles. The first-order valence-corrected chi connectivity index (χ1v) is 5.85. The summed E-state index contributed by atoms with van der Waals surface area (Å²) < 4.78 is 1.99. The van der Waals surface area contributed by atoms with Gasteiger partial charge in [-0.1, -0.05) is 0 Å². The fraction of sp³-hybridized carbons (Fsp3) is 0.500. The van der Waals surface area contributed by atoms with E-state index in [-0.39, 0.29) is 18.9 Å². The third-order valence-electron chi connectivity index (χ3n) is 3.10. The van der Waals surface area contributed by atoms with E-state index in [0.29, 0.717) is 11.7 Å². The molecule has 1 fully saturated rings. The Labute approximate surface area is 99.4 Å². The van der Waals surface area contributed by atoms with E-state index in [1.807, 2.05) is 16.8 Å². The summed E-state index contributed by atoms with van der Waals surface area (Å²) in [5.74, 6) is -1.09. The van der Waals surface area contributed by atoms with Crippen LogP contribution < -0.4 is 5.32 Å². The van der Waals surface area contributed by atoms with Gasteiger partial charge in [0.15, 0.2) is 0 Å². The molecule has 1 aliphatic carbocycles. The number of carboxylic acid groups (broad SMARTS) is 1. The smallest absolute Gasteiger partial charge is 0.305 e. The highest BCUT2D eigenvalue weighted by molar-refractivity contribution is 5.93. The SMILES string of the molecule is O=C(O)CCNC(=O)c1cccn1C1CCC1. The van der Waals surface area contributed by atoms with Crippen LogP contribution >= 0.6 is 0 Å². The molecule has 1 aromatic rings. The molecule has 0 saturated heterocycles. The van der Waals surface area contributed by atoms with E-state index in [4.69, 9.17) is 5.11 Å². The lowest BCUT2D eigenvalue weighted by Gasteiger charge is -2.28. The molecule has 92 valence electrons. The lowest BCUT2D eigenvalue weighted by atomic mass is 9.93. The molecule has 1 heterocycles. The molecule has 1 aliphatic rings. The van der Waals surface area contributed by atoms with Crippen molar-refractivity contribution in [3.05, 3.63) is 24.0 Å². The van der Waals surface area contributed by atoms with Gasteiger partial charge in [-0.3, -0.25) is 9.59 Å². The average Bonchev–Trinajstić information content (AvgIpc) is 2.63. The number of carbonyl (C=O) groups excluding carboxylic acids is 1. The van der Waals surface area contributed by atoms with Crippen LogP contribution in [0.5, 0.6) is 0 Å². The topological polar surface area (TPSA) is 71.3 Å². The predicted octanol–water partition coefficient (Wildman–Crippen LogP) is 1.42. The van der Waals surface area contributed by atoms with Crippen LogP contribution in [-0.4, -0.2) is 28.1 Å². The average molecular weight is 236 g/mol. The van der Waals surface area contributed by atoms with Crippen molar-refractivity contribution in [2.75, 3.05) is 6.54 Å². The van der Waals surface area contributed by atoms with Gasteiger partial charge in [0.25, 0.3) is 5.91 Å². The third-order valence-corrected chi connectivity index (χ3v) is 3.10. The van der Waals surface area contributed by atoms with Crippen LogP contribution in [0.1, 0.15) is 42.2 Å². The van der Waals surface area contributed by atoms with Crippen molar-refractivity contribution in [3.8, 4) is 0 Å². The number of amides is 1. The number of aromatic nitrogens is 1. The second-order valence-electron chi connectivity index (χ2n) is 4.29. The summed E-state index contributed by atoms with van der Waals surface area (Å²) in [6.45, 7) is 0.171. The largest absolute Gasteiger partial charge is 0.481 e. The van der Waals surface area contributed by atoms with Gasteiger partial charge in [0.1, 0.15) is 5.69 Å². The Morgan fingerprint density at radius 1 is 1.47 bits per heavy atom. The maximum Gasteiger partial charge on any atom is 0.305 e. The van der Waals surface area contributed by atoms with Gasteiger partial charge >= 0.3 is 5.97 Å². The first kappa shape index (κ1) is 11.7. The van der Waals surface area contributed by atoms with E-state index >= 15 is 0 Å². The van der Waals surface area contributed by atoms with Crippen LogP contribution in [0.4, 0.5) is 0 Å². The minimum absolute atomic E-state index is 0.0458. The highest BCUT2D eigenvalue weighted by Gasteiger charge is 2.22. The van der Waals surface area contributed by atoms with Crippen LogP contribution in [0.15, 0.2) is 18.3 Å². The Balaban J connectivity index is 1.94. The van der Waals surface area contributed by atoms with Crippen LogP contribution in [0.25, 0.3) is 0 Å². The van der Waals surface area contributed by atoms with Gasteiger partial charge in [0, 0.05) is 18.8 Å². The maximum atomic E-state index is 11.8. The molecule has 1 aromatic heterocycles. The number of nitrogens with one attached hydrogen (secondary N) is 1. The molecular formula is C12H16N2O3.